The number of carbonyl (C=O) groups is 3. The van der Waals surface area contributed by atoms with Crippen LogP contribution in [0.15, 0.2) is 60.7 Å². The van der Waals surface area contributed by atoms with Gasteiger partial charge in [0.15, 0.2) is 0 Å². The molecule has 0 radical (unpaired) electrons. The SMILES string of the molecule is COC(=O)c1cc(NC(=O)c2ccc(C)c(NC(=O)c3ccccc3)c2)cc(C)c1C. The van der Waals surface area contributed by atoms with Crippen LogP contribution in [0.1, 0.15) is 47.8 Å². The number of carbonyl (C=O) groups excluding carboxylic acids is 3. The standard InChI is InChI=1S/C25H24N2O4/c1-15-10-11-19(13-22(15)27-23(28)18-8-6-5-7-9-18)24(29)26-20-12-16(2)17(3)21(14-20)25(30)31-4/h5-14H,1-4H3,(H,26,29)(H,27,28). The van der Waals surface area contributed by atoms with Crippen LogP contribution in [-0.2, 0) is 4.74 Å². The Morgan fingerprint density at radius 2 is 1.42 bits per heavy atom. The lowest BCUT2D eigenvalue weighted by atomic mass is 10.0. The van der Waals surface area contributed by atoms with Gasteiger partial charge in [0.05, 0.1) is 12.7 Å². The van der Waals surface area contributed by atoms with Crippen LogP contribution in [0.5, 0.6) is 0 Å². The van der Waals surface area contributed by atoms with E-state index in [0.717, 1.165) is 16.7 Å². The van der Waals surface area contributed by atoms with Crippen LogP contribution < -0.4 is 10.6 Å². The van der Waals surface area contributed by atoms with Crippen molar-refractivity contribution in [2.24, 2.45) is 0 Å². The smallest absolute Gasteiger partial charge is 0.338 e. The second kappa shape index (κ2) is 9.26. The Kier molecular flexibility index (Phi) is 6.50. The van der Waals surface area contributed by atoms with Gasteiger partial charge in [-0.3, -0.25) is 9.59 Å². The molecule has 31 heavy (non-hydrogen) atoms. The monoisotopic (exact) mass is 416 g/mol. The highest BCUT2D eigenvalue weighted by Crippen LogP contribution is 2.23. The van der Waals surface area contributed by atoms with Gasteiger partial charge in [-0.15, -0.1) is 0 Å². The van der Waals surface area contributed by atoms with Gasteiger partial charge in [0.1, 0.15) is 0 Å². The Bertz CT molecular complexity index is 1150. The van der Waals surface area contributed by atoms with Crippen molar-refractivity contribution in [1.82, 2.24) is 0 Å². The number of rotatable bonds is 5. The van der Waals surface area contributed by atoms with Crippen molar-refractivity contribution in [3.8, 4) is 0 Å². The molecule has 0 aliphatic carbocycles. The maximum absolute atomic E-state index is 12.8. The molecule has 0 aliphatic rings. The lowest BCUT2D eigenvalue weighted by molar-refractivity contribution is 0.0599. The zero-order valence-corrected chi connectivity index (χ0v) is 17.9. The number of hydrogen-bond acceptors (Lipinski definition) is 4. The van der Waals surface area contributed by atoms with Crippen molar-refractivity contribution in [1.29, 1.82) is 0 Å². The predicted molar refractivity (Wildman–Crippen MR) is 121 cm³/mol. The van der Waals surface area contributed by atoms with Gasteiger partial charge in [0.2, 0.25) is 0 Å². The molecule has 3 rings (SSSR count). The fourth-order valence-electron chi connectivity index (χ4n) is 3.14. The van der Waals surface area contributed by atoms with E-state index in [4.69, 9.17) is 4.74 Å². The molecule has 0 saturated heterocycles. The minimum Gasteiger partial charge on any atom is -0.465 e. The summed E-state index contributed by atoms with van der Waals surface area (Å²) in [5.74, 6) is -1.06. The molecule has 3 aromatic rings. The highest BCUT2D eigenvalue weighted by Gasteiger charge is 2.15. The van der Waals surface area contributed by atoms with Crippen LogP contribution in [0, 0.1) is 20.8 Å². The Labute approximate surface area is 181 Å². The Morgan fingerprint density at radius 3 is 2.10 bits per heavy atom. The third kappa shape index (κ3) is 4.98. The topological polar surface area (TPSA) is 84.5 Å². The number of hydrogen-bond donors (Lipinski definition) is 2. The Hall–Kier alpha value is -3.93. The molecule has 2 N–H and O–H groups in total. The molecule has 2 amide bonds. The first-order valence-corrected chi connectivity index (χ1v) is 9.78. The van der Waals surface area contributed by atoms with E-state index < -0.39 is 5.97 Å². The summed E-state index contributed by atoms with van der Waals surface area (Å²) in [4.78, 5) is 37.3. The lowest BCUT2D eigenvalue weighted by Crippen LogP contribution is -2.16. The van der Waals surface area contributed by atoms with Crippen LogP contribution in [0.25, 0.3) is 0 Å². The maximum Gasteiger partial charge on any atom is 0.338 e. The molecule has 0 saturated carbocycles. The molecule has 0 fully saturated rings. The van der Waals surface area contributed by atoms with Crippen molar-refractivity contribution >= 4 is 29.2 Å². The number of aryl methyl sites for hydroxylation is 2. The number of amides is 2. The van der Waals surface area contributed by atoms with Crippen molar-refractivity contribution in [2.75, 3.05) is 17.7 Å². The highest BCUT2D eigenvalue weighted by atomic mass is 16.5. The van der Waals surface area contributed by atoms with Crippen LogP contribution >= 0.6 is 0 Å². The van der Waals surface area contributed by atoms with E-state index in [0.29, 0.717) is 28.1 Å². The number of anilines is 2. The van der Waals surface area contributed by atoms with Crippen molar-refractivity contribution < 1.29 is 19.1 Å². The summed E-state index contributed by atoms with van der Waals surface area (Å²) in [6.07, 6.45) is 0. The molecular weight excluding hydrogens is 392 g/mol. The van der Waals surface area contributed by atoms with E-state index in [2.05, 4.69) is 10.6 Å². The number of ether oxygens (including phenoxy) is 1. The molecule has 6 nitrogen and oxygen atoms in total. The molecule has 6 heteroatoms. The van der Waals surface area contributed by atoms with E-state index in [9.17, 15) is 14.4 Å². The Morgan fingerprint density at radius 1 is 0.742 bits per heavy atom. The minimum absolute atomic E-state index is 0.252. The highest BCUT2D eigenvalue weighted by molar-refractivity contribution is 6.08. The van der Waals surface area contributed by atoms with Crippen molar-refractivity contribution in [3.05, 3.63) is 94.0 Å². The first-order valence-electron chi connectivity index (χ1n) is 9.78. The number of benzene rings is 3. The molecular formula is C25H24N2O4. The molecule has 0 unspecified atom stereocenters. The van der Waals surface area contributed by atoms with Crippen LogP contribution in [0.3, 0.4) is 0 Å². The Balaban J connectivity index is 1.83. The number of nitrogens with one attached hydrogen (secondary N) is 2. The predicted octanol–water partition coefficient (Wildman–Crippen LogP) is 4.90. The van der Waals surface area contributed by atoms with Crippen LogP contribution in [0.2, 0.25) is 0 Å². The van der Waals surface area contributed by atoms with E-state index >= 15 is 0 Å². The molecule has 158 valence electrons. The summed E-state index contributed by atoms with van der Waals surface area (Å²) in [5.41, 5.74) is 4.84. The fourth-order valence-corrected chi connectivity index (χ4v) is 3.14. The van der Waals surface area contributed by atoms with Gasteiger partial charge in [-0.25, -0.2) is 4.79 Å². The second-order valence-electron chi connectivity index (χ2n) is 7.26. The molecule has 0 bridgehead atoms. The summed E-state index contributed by atoms with van der Waals surface area (Å²) in [7, 11) is 1.32. The zero-order chi connectivity index (χ0) is 22.5. The van der Waals surface area contributed by atoms with Gasteiger partial charge >= 0.3 is 5.97 Å². The van der Waals surface area contributed by atoms with Gasteiger partial charge in [-0.1, -0.05) is 24.3 Å². The largest absolute Gasteiger partial charge is 0.465 e. The number of methoxy groups -OCH3 is 1. The first kappa shape index (κ1) is 21.8. The van der Waals surface area contributed by atoms with Gasteiger partial charge in [0, 0.05) is 22.5 Å². The summed E-state index contributed by atoms with van der Waals surface area (Å²) in [6.45, 7) is 5.55. The van der Waals surface area contributed by atoms with Crippen molar-refractivity contribution in [3.63, 3.8) is 0 Å². The molecule has 0 aromatic heterocycles. The summed E-state index contributed by atoms with van der Waals surface area (Å²) < 4.78 is 4.83. The van der Waals surface area contributed by atoms with E-state index in [1.54, 1.807) is 54.6 Å². The van der Waals surface area contributed by atoms with Crippen LogP contribution in [-0.4, -0.2) is 24.9 Å². The molecule has 0 atom stereocenters. The normalized spacial score (nSPS) is 10.3. The molecule has 0 spiro atoms. The fraction of sp³-hybridized carbons (Fsp3) is 0.160. The summed E-state index contributed by atoms with van der Waals surface area (Å²) >= 11 is 0. The quantitative estimate of drug-likeness (QED) is 0.579. The van der Waals surface area contributed by atoms with Gasteiger partial charge < -0.3 is 15.4 Å². The zero-order valence-electron chi connectivity index (χ0n) is 17.9. The third-order valence-corrected chi connectivity index (χ3v) is 5.11. The molecule has 3 aromatic carbocycles. The third-order valence-electron chi connectivity index (χ3n) is 5.11. The average molecular weight is 416 g/mol. The van der Waals surface area contributed by atoms with E-state index in [-0.39, 0.29) is 11.8 Å². The van der Waals surface area contributed by atoms with Crippen molar-refractivity contribution in [2.45, 2.75) is 20.8 Å². The van der Waals surface area contributed by atoms with E-state index in [1.807, 2.05) is 26.8 Å². The molecule has 0 heterocycles. The van der Waals surface area contributed by atoms with Gasteiger partial charge in [0.25, 0.3) is 11.8 Å². The van der Waals surface area contributed by atoms with Crippen LogP contribution in [0.4, 0.5) is 11.4 Å². The minimum atomic E-state index is -0.460. The second-order valence-corrected chi connectivity index (χ2v) is 7.26. The maximum atomic E-state index is 12.8. The summed E-state index contributed by atoms with van der Waals surface area (Å²) in [5, 5.41) is 5.67. The van der Waals surface area contributed by atoms with E-state index in [1.165, 1.54) is 7.11 Å². The van der Waals surface area contributed by atoms with Gasteiger partial charge in [-0.05, 0) is 73.9 Å². The summed E-state index contributed by atoms with van der Waals surface area (Å²) in [6, 6.07) is 17.3. The molecule has 0 aliphatic heterocycles. The first-order chi connectivity index (χ1) is 14.8. The average Bonchev–Trinajstić information content (AvgIpc) is 2.77. The van der Waals surface area contributed by atoms with Gasteiger partial charge in [-0.2, -0.15) is 0 Å². The number of esters is 1. The lowest BCUT2D eigenvalue weighted by Gasteiger charge is -2.13.